The van der Waals surface area contributed by atoms with Gasteiger partial charge in [-0.25, -0.2) is 0 Å². The van der Waals surface area contributed by atoms with E-state index in [4.69, 9.17) is 0 Å². The van der Waals surface area contributed by atoms with Crippen LogP contribution in [0.4, 0.5) is 0 Å². The van der Waals surface area contributed by atoms with Crippen molar-refractivity contribution in [1.29, 1.82) is 0 Å². The van der Waals surface area contributed by atoms with E-state index in [-0.39, 0.29) is 12.0 Å². The Hall–Kier alpha value is -2.16. The van der Waals surface area contributed by atoms with Gasteiger partial charge in [-0.2, -0.15) is 0 Å². The van der Waals surface area contributed by atoms with Gasteiger partial charge in [-0.3, -0.25) is 9.78 Å². The van der Waals surface area contributed by atoms with Gasteiger partial charge in [0.05, 0.1) is 11.7 Å². The molecule has 2 aliphatic rings. The van der Waals surface area contributed by atoms with E-state index in [2.05, 4.69) is 36.2 Å². The van der Waals surface area contributed by atoms with Gasteiger partial charge in [0.15, 0.2) is 0 Å². The van der Waals surface area contributed by atoms with Crippen molar-refractivity contribution in [3.63, 3.8) is 0 Å². The SMILES string of the molecule is Cc1ccc([C@H](c2ccccn2)N(C)C(=O)C2[C@H]3CCC[C@@H]23)cc1. The van der Waals surface area contributed by atoms with Gasteiger partial charge in [-0.15, -0.1) is 0 Å². The number of benzene rings is 1. The highest BCUT2D eigenvalue weighted by atomic mass is 16.2. The first-order chi connectivity index (χ1) is 11.7. The molecule has 0 bridgehead atoms. The van der Waals surface area contributed by atoms with Crippen molar-refractivity contribution in [3.8, 4) is 0 Å². The summed E-state index contributed by atoms with van der Waals surface area (Å²) in [5, 5.41) is 0. The monoisotopic (exact) mass is 320 g/mol. The molecule has 1 aromatic heterocycles. The van der Waals surface area contributed by atoms with Crippen LogP contribution in [0, 0.1) is 24.7 Å². The molecule has 1 unspecified atom stereocenters. The molecule has 2 aromatic rings. The van der Waals surface area contributed by atoms with Crippen molar-refractivity contribution >= 4 is 5.91 Å². The van der Waals surface area contributed by atoms with E-state index in [9.17, 15) is 4.79 Å². The van der Waals surface area contributed by atoms with Crippen LogP contribution in [0.15, 0.2) is 48.7 Å². The number of aryl methyl sites for hydroxylation is 1. The lowest BCUT2D eigenvalue weighted by molar-refractivity contribution is -0.133. The lowest BCUT2D eigenvalue weighted by Crippen LogP contribution is -2.34. The molecule has 124 valence electrons. The molecule has 1 amide bonds. The van der Waals surface area contributed by atoms with Gasteiger partial charge >= 0.3 is 0 Å². The minimum absolute atomic E-state index is 0.111. The van der Waals surface area contributed by atoms with Crippen molar-refractivity contribution in [3.05, 3.63) is 65.5 Å². The van der Waals surface area contributed by atoms with E-state index in [0.29, 0.717) is 17.7 Å². The normalized spacial score (nSPS) is 25.8. The van der Waals surface area contributed by atoms with Crippen LogP contribution >= 0.6 is 0 Å². The van der Waals surface area contributed by atoms with E-state index < -0.39 is 0 Å². The van der Waals surface area contributed by atoms with Gasteiger partial charge in [0.1, 0.15) is 0 Å². The summed E-state index contributed by atoms with van der Waals surface area (Å²) in [5.41, 5.74) is 3.29. The molecular weight excluding hydrogens is 296 g/mol. The van der Waals surface area contributed by atoms with Gasteiger partial charge in [-0.1, -0.05) is 42.3 Å². The quantitative estimate of drug-likeness (QED) is 0.853. The first-order valence-corrected chi connectivity index (χ1v) is 8.91. The Kier molecular flexibility index (Phi) is 3.87. The molecule has 0 N–H and O–H groups in total. The fourth-order valence-corrected chi connectivity index (χ4v) is 4.43. The summed E-state index contributed by atoms with van der Waals surface area (Å²) in [4.78, 5) is 19.5. The summed E-state index contributed by atoms with van der Waals surface area (Å²) in [5.74, 6) is 1.83. The molecule has 4 atom stereocenters. The molecule has 3 nitrogen and oxygen atoms in total. The zero-order valence-corrected chi connectivity index (χ0v) is 14.4. The molecule has 4 rings (SSSR count). The average molecular weight is 320 g/mol. The third kappa shape index (κ3) is 2.62. The molecule has 0 saturated heterocycles. The summed E-state index contributed by atoms with van der Waals surface area (Å²) in [6.07, 6.45) is 5.56. The van der Waals surface area contributed by atoms with Gasteiger partial charge in [0.2, 0.25) is 5.91 Å². The Morgan fingerprint density at radius 1 is 1.12 bits per heavy atom. The largest absolute Gasteiger partial charge is 0.333 e. The summed E-state index contributed by atoms with van der Waals surface area (Å²) < 4.78 is 0. The predicted octanol–water partition coefficient (Wildman–Crippen LogP) is 3.98. The fourth-order valence-electron chi connectivity index (χ4n) is 4.43. The topological polar surface area (TPSA) is 33.2 Å². The molecule has 2 saturated carbocycles. The van der Waals surface area contributed by atoms with E-state index >= 15 is 0 Å². The predicted molar refractivity (Wildman–Crippen MR) is 94.4 cm³/mol. The molecule has 2 aliphatic carbocycles. The van der Waals surface area contributed by atoms with Crippen LogP contribution in [0.3, 0.4) is 0 Å². The van der Waals surface area contributed by atoms with Crippen molar-refractivity contribution in [2.45, 2.75) is 32.2 Å². The number of hydrogen-bond acceptors (Lipinski definition) is 2. The van der Waals surface area contributed by atoms with Gasteiger partial charge < -0.3 is 4.90 Å². The molecular formula is C21H24N2O. The second kappa shape index (κ2) is 6.04. The van der Waals surface area contributed by atoms with Crippen molar-refractivity contribution in [1.82, 2.24) is 9.88 Å². The minimum atomic E-state index is -0.111. The van der Waals surface area contributed by atoms with Crippen LogP contribution < -0.4 is 0 Å². The van der Waals surface area contributed by atoms with Crippen molar-refractivity contribution in [2.24, 2.45) is 17.8 Å². The maximum atomic E-state index is 13.1. The highest BCUT2D eigenvalue weighted by molar-refractivity contribution is 5.83. The van der Waals surface area contributed by atoms with Gasteiger partial charge in [-0.05, 0) is 49.3 Å². The molecule has 24 heavy (non-hydrogen) atoms. The fraction of sp³-hybridized carbons (Fsp3) is 0.429. The number of hydrogen-bond donors (Lipinski definition) is 0. The maximum Gasteiger partial charge on any atom is 0.226 e. The van der Waals surface area contributed by atoms with Crippen LogP contribution in [0.25, 0.3) is 0 Å². The summed E-state index contributed by atoms with van der Waals surface area (Å²) in [6, 6.07) is 14.3. The van der Waals surface area contributed by atoms with Gasteiger partial charge in [0.25, 0.3) is 0 Å². The second-order valence-electron chi connectivity index (χ2n) is 7.30. The van der Waals surface area contributed by atoms with Crippen LogP contribution in [0.5, 0.6) is 0 Å². The Morgan fingerprint density at radius 2 is 1.83 bits per heavy atom. The first kappa shape index (κ1) is 15.4. The average Bonchev–Trinajstić information content (AvgIpc) is 3.08. The number of pyridine rings is 1. The Bertz CT molecular complexity index is 715. The van der Waals surface area contributed by atoms with E-state index in [0.717, 1.165) is 11.3 Å². The standard InChI is InChI=1S/C21H24N2O/c1-14-9-11-15(12-10-14)20(18-8-3-4-13-22-18)23(2)21(24)19-16-6-5-7-17(16)19/h3-4,8-13,16-17,19-20H,5-7H2,1-2H3/t16-,17+,19?,20-/m1/s1. The molecule has 1 heterocycles. The van der Waals surface area contributed by atoms with Crippen LogP contribution in [-0.2, 0) is 4.79 Å². The van der Waals surface area contributed by atoms with E-state index in [1.165, 1.54) is 24.8 Å². The molecule has 2 fully saturated rings. The highest BCUT2D eigenvalue weighted by Gasteiger charge is 2.57. The number of amides is 1. The van der Waals surface area contributed by atoms with Crippen molar-refractivity contribution in [2.75, 3.05) is 7.05 Å². The maximum absolute atomic E-state index is 13.1. The smallest absolute Gasteiger partial charge is 0.226 e. The highest BCUT2D eigenvalue weighted by Crippen LogP contribution is 2.58. The molecule has 0 spiro atoms. The summed E-state index contributed by atoms with van der Waals surface area (Å²) in [7, 11) is 1.94. The Balaban J connectivity index is 1.64. The molecule has 0 radical (unpaired) electrons. The zero-order valence-electron chi connectivity index (χ0n) is 14.4. The second-order valence-corrected chi connectivity index (χ2v) is 7.30. The van der Waals surface area contributed by atoms with Crippen LogP contribution in [0.2, 0.25) is 0 Å². The van der Waals surface area contributed by atoms with Crippen molar-refractivity contribution < 1.29 is 4.79 Å². The lowest BCUT2D eigenvalue weighted by atomic mass is 9.99. The zero-order chi connectivity index (χ0) is 16.7. The molecule has 3 heteroatoms. The molecule has 1 aromatic carbocycles. The number of rotatable bonds is 4. The van der Waals surface area contributed by atoms with Crippen LogP contribution in [-0.4, -0.2) is 22.8 Å². The number of aromatic nitrogens is 1. The number of nitrogens with zero attached hydrogens (tertiary/aromatic N) is 2. The summed E-state index contributed by atoms with van der Waals surface area (Å²) in [6.45, 7) is 2.08. The lowest BCUT2D eigenvalue weighted by Gasteiger charge is -2.29. The van der Waals surface area contributed by atoms with Crippen LogP contribution in [0.1, 0.15) is 42.1 Å². The Morgan fingerprint density at radius 3 is 2.46 bits per heavy atom. The van der Waals surface area contributed by atoms with Gasteiger partial charge in [0, 0.05) is 19.2 Å². The third-order valence-electron chi connectivity index (χ3n) is 5.79. The minimum Gasteiger partial charge on any atom is -0.333 e. The number of carbonyl (C=O) groups excluding carboxylic acids is 1. The van der Waals surface area contributed by atoms with E-state index in [1.807, 2.05) is 30.1 Å². The number of fused-ring (bicyclic) bond motifs is 1. The first-order valence-electron chi connectivity index (χ1n) is 8.91. The third-order valence-corrected chi connectivity index (χ3v) is 5.79. The van der Waals surface area contributed by atoms with E-state index in [1.54, 1.807) is 6.20 Å². The summed E-state index contributed by atoms with van der Waals surface area (Å²) >= 11 is 0. The Labute approximate surface area is 143 Å². The molecule has 0 aliphatic heterocycles. The number of carbonyl (C=O) groups is 1.